The van der Waals surface area contributed by atoms with Crippen LogP contribution in [0.3, 0.4) is 0 Å². The van der Waals surface area contributed by atoms with Crippen molar-refractivity contribution in [1.82, 2.24) is 9.55 Å². The quantitative estimate of drug-likeness (QED) is 0.370. The maximum atomic E-state index is 15.2. The monoisotopic (exact) mass is 492 g/mol. The van der Waals surface area contributed by atoms with Gasteiger partial charge in [-0.2, -0.15) is 0 Å². The van der Waals surface area contributed by atoms with Crippen molar-refractivity contribution >= 4 is 42.4 Å². The first-order valence-corrected chi connectivity index (χ1v) is 11.9. The molecule has 1 heterocycles. The molecule has 164 valence electrons. The first kappa shape index (κ1) is 22.3. The molecule has 0 radical (unpaired) electrons. The Labute approximate surface area is 192 Å². The summed E-state index contributed by atoms with van der Waals surface area (Å²) in [4.78, 5) is 16.5. The number of ether oxygens (including phenoxy) is 1. The van der Waals surface area contributed by atoms with Crippen molar-refractivity contribution in [1.29, 1.82) is 0 Å². The van der Waals surface area contributed by atoms with Gasteiger partial charge in [-0.05, 0) is 54.4 Å². The van der Waals surface area contributed by atoms with E-state index >= 15 is 4.39 Å². The van der Waals surface area contributed by atoms with E-state index in [1.807, 2.05) is 6.92 Å². The minimum Gasteiger partial charge on any atom is -0.495 e. The lowest BCUT2D eigenvalue weighted by Crippen LogP contribution is -2.19. The molecule has 0 atom stereocenters. The van der Waals surface area contributed by atoms with Gasteiger partial charge < -0.3 is 4.74 Å². The minimum absolute atomic E-state index is 0.137. The van der Waals surface area contributed by atoms with Gasteiger partial charge in [0.1, 0.15) is 11.6 Å². The van der Waals surface area contributed by atoms with Crippen LogP contribution in [0.5, 0.6) is 5.75 Å². The van der Waals surface area contributed by atoms with Crippen LogP contribution in [0, 0.1) is 12.7 Å². The molecule has 4 aromatic rings. The van der Waals surface area contributed by atoms with E-state index in [9.17, 15) is 13.2 Å². The molecule has 3 aromatic carbocycles. The molecule has 0 fully saturated rings. The van der Waals surface area contributed by atoms with Crippen molar-refractivity contribution in [2.24, 2.45) is 0 Å². The first-order valence-electron chi connectivity index (χ1n) is 9.21. The third-order valence-electron chi connectivity index (χ3n) is 4.98. The van der Waals surface area contributed by atoms with E-state index in [1.54, 1.807) is 18.2 Å². The molecule has 10 heteroatoms. The van der Waals surface area contributed by atoms with Crippen LogP contribution in [0.1, 0.15) is 5.56 Å². The number of aryl methyl sites for hydroxylation is 1. The average molecular weight is 493 g/mol. The number of fused-ring (bicyclic) bond motifs is 1. The molecule has 32 heavy (non-hydrogen) atoms. The van der Waals surface area contributed by atoms with Gasteiger partial charge in [-0.1, -0.05) is 17.7 Å². The van der Waals surface area contributed by atoms with Crippen molar-refractivity contribution in [2.45, 2.75) is 11.8 Å². The molecule has 0 N–H and O–H groups in total. The van der Waals surface area contributed by atoms with E-state index < -0.39 is 20.4 Å². The Morgan fingerprint density at radius 1 is 1.09 bits per heavy atom. The molecule has 0 unspecified atom stereocenters. The highest BCUT2D eigenvalue weighted by Crippen LogP contribution is 2.34. The lowest BCUT2D eigenvalue weighted by atomic mass is 10.0. The van der Waals surface area contributed by atoms with Gasteiger partial charge in [-0.25, -0.2) is 17.8 Å². The number of nitrogens with zero attached hydrogens (tertiary/aromatic N) is 2. The highest BCUT2D eigenvalue weighted by molar-refractivity contribution is 8.13. The fraction of sp³-hybridized carbons (Fsp3) is 0.0909. The largest absolute Gasteiger partial charge is 0.495 e. The van der Waals surface area contributed by atoms with Crippen molar-refractivity contribution < 1.29 is 17.5 Å². The van der Waals surface area contributed by atoms with Crippen molar-refractivity contribution in [2.75, 3.05) is 7.11 Å². The molecule has 0 saturated heterocycles. The molecule has 0 aliphatic carbocycles. The Hall–Kier alpha value is -2.94. The average Bonchev–Trinajstić information content (AvgIpc) is 2.74. The maximum Gasteiger partial charge on any atom is 0.274 e. The van der Waals surface area contributed by atoms with E-state index in [2.05, 4.69) is 4.98 Å². The van der Waals surface area contributed by atoms with E-state index in [-0.39, 0.29) is 32.9 Å². The highest BCUT2D eigenvalue weighted by Gasteiger charge is 2.18. The molecule has 0 aliphatic rings. The molecular weight excluding hydrogens is 478 g/mol. The second-order valence-corrected chi connectivity index (χ2v) is 9.96. The Morgan fingerprint density at radius 2 is 1.84 bits per heavy atom. The predicted octanol–water partition coefficient (Wildman–Crippen LogP) is 5.09. The van der Waals surface area contributed by atoms with E-state index in [1.165, 1.54) is 42.0 Å². The van der Waals surface area contributed by atoms with Crippen LogP contribution < -0.4 is 10.3 Å². The molecule has 0 saturated carbocycles. The third-order valence-corrected chi connectivity index (χ3v) is 6.76. The number of benzene rings is 3. The molecule has 0 spiro atoms. The minimum atomic E-state index is -3.99. The van der Waals surface area contributed by atoms with Crippen LogP contribution in [-0.4, -0.2) is 25.1 Å². The third kappa shape index (κ3) is 3.97. The summed E-state index contributed by atoms with van der Waals surface area (Å²) in [6, 6.07) is 11.7. The van der Waals surface area contributed by atoms with Gasteiger partial charge in [-0.15, -0.1) is 0 Å². The normalized spacial score (nSPS) is 11.7. The van der Waals surface area contributed by atoms with Crippen molar-refractivity contribution in [3.63, 3.8) is 0 Å². The second kappa shape index (κ2) is 8.20. The summed E-state index contributed by atoms with van der Waals surface area (Å²) < 4.78 is 45.2. The van der Waals surface area contributed by atoms with Gasteiger partial charge >= 0.3 is 0 Å². The smallest absolute Gasteiger partial charge is 0.274 e. The molecule has 0 aliphatic heterocycles. The van der Waals surface area contributed by atoms with Crippen LogP contribution in [-0.2, 0) is 9.05 Å². The van der Waals surface area contributed by atoms with Gasteiger partial charge in [0, 0.05) is 27.3 Å². The zero-order chi connectivity index (χ0) is 23.2. The number of methoxy groups -OCH3 is 1. The number of aromatic nitrogens is 2. The fourth-order valence-corrected chi connectivity index (χ4v) is 4.30. The maximum absolute atomic E-state index is 15.2. The SMILES string of the molecule is COc1cc(-c2ccc(Cl)c(C)c2)c(F)cc1-n1c(=O)cnc2cc(S(=O)(=O)Cl)ccc21. The van der Waals surface area contributed by atoms with Crippen molar-refractivity contribution in [3.05, 3.63) is 81.5 Å². The summed E-state index contributed by atoms with van der Waals surface area (Å²) in [6.07, 6.45) is 1.01. The van der Waals surface area contributed by atoms with E-state index in [4.69, 9.17) is 27.0 Å². The number of halogens is 3. The summed E-state index contributed by atoms with van der Waals surface area (Å²) in [6.45, 7) is 1.81. The van der Waals surface area contributed by atoms with E-state index in [0.717, 1.165) is 11.8 Å². The van der Waals surface area contributed by atoms with Crippen molar-refractivity contribution in [3.8, 4) is 22.6 Å². The number of hydrogen-bond acceptors (Lipinski definition) is 5. The van der Waals surface area contributed by atoms with E-state index in [0.29, 0.717) is 10.6 Å². The Balaban J connectivity index is 1.97. The zero-order valence-corrected chi connectivity index (χ0v) is 19.1. The Kier molecular flexibility index (Phi) is 5.70. The molecule has 4 rings (SSSR count). The van der Waals surface area contributed by atoms with Crippen LogP contribution >= 0.6 is 22.3 Å². The first-order chi connectivity index (χ1) is 15.1. The molecular formula is C22H15Cl2FN2O4S. The summed E-state index contributed by atoms with van der Waals surface area (Å²) in [5.74, 6) is -0.350. The summed E-state index contributed by atoms with van der Waals surface area (Å²) >= 11 is 6.08. The van der Waals surface area contributed by atoms with Crippen LogP contribution in [0.4, 0.5) is 4.39 Å². The van der Waals surface area contributed by atoms with Crippen LogP contribution in [0.15, 0.2) is 64.4 Å². The molecule has 0 bridgehead atoms. The van der Waals surface area contributed by atoms with Gasteiger partial charge in [-0.3, -0.25) is 9.36 Å². The summed E-state index contributed by atoms with van der Waals surface area (Å²) in [5.41, 5.74) is 1.68. The lowest BCUT2D eigenvalue weighted by molar-refractivity contribution is 0.412. The highest BCUT2D eigenvalue weighted by atomic mass is 35.7. The van der Waals surface area contributed by atoms with Gasteiger partial charge in [0.25, 0.3) is 14.6 Å². The summed E-state index contributed by atoms with van der Waals surface area (Å²) in [5, 5.41) is 0.561. The Morgan fingerprint density at radius 3 is 2.50 bits per heavy atom. The topological polar surface area (TPSA) is 78.3 Å². The molecule has 6 nitrogen and oxygen atoms in total. The van der Waals surface area contributed by atoms with Gasteiger partial charge in [0.15, 0.2) is 0 Å². The zero-order valence-electron chi connectivity index (χ0n) is 16.8. The summed E-state index contributed by atoms with van der Waals surface area (Å²) in [7, 11) is 2.82. The van der Waals surface area contributed by atoms with Crippen LogP contribution in [0.2, 0.25) is 5.02 Å². The van der Waals surface area contributed by atoms with Gasteiger partial charge in [0.2, 0.25) is 0 Å². The Bertz CT molecular complexity index is 1550. The predicted molar refractivity (Wildman–Crippen MR) is 122 cm³/mol. The number of hydrogen-bond donors (Lipinski definition) is 0. The second-order valence-electron chi connectivity index (χ2n) is 6.99. The number of rotatable bonds is 4. The van der Waals surface area contributed by atoms with Gasteiger partial charge in [0.05, 0.1) is 34.9 Å². The molecule has 1 aromatic heterocycles. The standard InChI is InChI=1S/C22H15Cl2FN2O4S/c1-12-7-13(3-5-16(12)23)15-9-21(31-2)20(10-17(15)25)27-19-6-4-14(32(24,29)30)8-18(19)26-11-22(27)28/h3-11H,1-2H3. The molecule has 0 amide bonds. The van der Waals surface area contributed by atoms with Crippen LogP contribution in [0.25, 0.3) is 27.8 Å². The fourth-order valence-electron chi connectivity index (χ4n) is 3.41. The lowest BCUT2D eigenvalue weighted by Gasteiger charge is -2.16.